The molecule has 4 nitrogen and oxygen atoms in total. The van der Waals surface area contributed by atoms with Crippen LogP contribution in [0.15, 0.2) is 170 Å². The Labute approximate surface area is 302 Å². The molecule has 4 heteroatoms. The third-order valence-corrected chi connectivity index (χ3v) is 10.8. The number of pyridine rings is 3. The molecular weight excluding hydrogens is 633 g/mol. The third kappa shape index (κ3) is 4.79. The molecule has 1 aliphatic carbocycles. The molecule has 4 aromatic heterocycles. The fraction of sp³-hybridized carbons (Fsp3) is 0.0625. The van der Waals surface area contributed by atoms with E-state index in [1.165, 1.54) is 38.8 Å². The molecule has 0 bridgehead atoms. The Morgan fingerprint density at radius 2 is 1.17 bits per heavy atom. The summed E-state index contributed by atoms with van der Waals surface area (Å²) in [5.41, 5.74) is 17.1. The van der Waals surface area contributed by atoms with Gasteiger partial charge in [0.2, 0.25) is 0 Å². The molecule has 0 amide bonds. The summed E-state index contributed by atoms with van der Waals surface area (Å²) in [6, 6.07) is 54.3. The first-order chi connectivity index (χ1) is 25.5. The first-order valence-electron chi connectivity index (χ1n) is 17.8. The van der Waals surface area contributed by atoms with Crippen molar-refractivity contribution in [3.8, 4) is 61.7 Å². The fourth-order valence-corrected chi connectivity index (χ4v) is 8.13. The monoisotopic (exact) mass is 666 g/mol. The summed E-state index contributed by atoms with van der Waals surface area (Å²) in [6.07, 6.45) is 5.64. The number of hydrogen-bond acceptors (Lipinski definition) is 3. The van der Waals surface area contributed by atoms with Crippen molar-refractivity contribution in [2.75, 3.05) is 0 Å². The molecule has 0 spiro atoms. The van der Waals surface area contributed by atoms with Crippen molar-refractivity contribution < 1.29 is 0 Å². The van der Waals surface area contributed by atoms with E-state index in [9.17, 15) is 0 Å². The number of aromatic nitrogens is 4. The number of nitrogens with zero attached hydrogens (tertiary/aromatic N) is 4. The average Bonchev–Trinajstić information content (AvgIpc) is 3.66. The highest BCUT2D eigenvalue weighted by atomic mass is 15.0. The lowest BCUT2D eigenvalue weighted by atomic mass is 9.81. The number of hydrogen-bond donors (Lipinski definition) is 0. The van der Waals surface area contributed by atoms with Gasteiger partial charge in [-0.25, -0.2) is 4.98 Å². The van der Waals surface area contributed by atoms with E-state index in [1.807, 2.05) is 36.8 Å². The summed E-state index contributed by atoms with van der Waals surface area (Å²) in [7, 11) is 0. The maximum Gasteiger partial charge on any atom is 0.0899 e. The molecule has 4 heterocycles. The Kier molecular flexibility index (Phi) is 6.80. The van der Waals surface area contributed by atoms with Crippen LogP contribution in [0.5, 0.6) is 0 Å². The molecule has 0 radical (unpaired) electrons. The second kappa shape index (κ2) is 11.7. The van der Waals surface area contributed by atoms with E-state index >= 15 is 0 Å². The summed E-state index contributed by atoms with van der Waals surface area (Å²) in [5.74, 6) is 0. The Morgan fingerprint density at radius 1 is 0.462 bits per heavy atom. The van der Waals surface area contributed by atoms with Gasteiger partial charge in [-0.3, -0.25) is 9.97 Å². The summed E-state index contributed by atoms with van der Waals surface area (Å²) in [4.78, 5) is 14.3. The first-order valence-corrected chi connectivity index (χ1v) is 17.8. The Morgan fingerprint density at radius 3 is 2.04 bits per heavy atom. The molecule has 0 saturated heterocycles. The van der Waals surface area contributed by atoms with Crippen molar-refractivity contribution >= 4 is 21.8 Å². The lowest BCUT2D eigenvalue weighted by Gasteiger charge is -2.22. The second-order valence-electron chi connectivity index (χ2n) is 14.1. The average molecular weight is 667 g/mol. The van der Waals surface area contributed by atoms with Crippen LogP contribution < -0.4 is 0 Å². The van der Waals surface area contributed by atoms with E-state index in [0.717, 1.165) is 55.9 Å². The largest absolute Gasteiger partial charge is 0.309 e. The number of rotatable bonds is 5. The van der Waals surface area contributed by atoms with Gasteiger partial charge >= 0.3 is 0 Å². The minimum Gasteiger partial charge on any atom is -0.309 e. The van der Waals surface area contributed by atoms with Crippen LogP contribution >= 0.6 is 0 Å². The normalized spacial score (nSPS) is 13.0. The van der Waals surface area contributed by atoms with Crippen molar-refractivity contribution in [2.45, 2.75) is 19.3 Å². The minimum absolute atomic E-state index is 0.0502. The standard InChI is InChI=1S/C48H34N4/c1-48(2)41-14-5-3-12-37(41)38-22-19-34(27-42(38)48)32-10-9-11-33(26-32)35-28-44(51-45(29-35)43-15-7-8-24-50-43)31-17-20-36(21-18-31)52-46-16-6-4-13-39(46)40-30-49-25-23-47(40)52/h3-30H,1-2H3. The second-order valence-corrected chi connectivity index (χ2v) is 14.1. The molecule has 1 aliphatic rings. The van der Waals surface area contributed by atoms with Gasteiger partial charge in [0.05, 0.1) is 28.1 Å². The quantitative estimate of drug-likeness (QED) is 0.184. The van der Waals surface area contributed by atoms with Crippen molar-refractivity contribution in [1.82, 2.24) is 19.5 Å². The topological polar surface area (TPSA) is 43.6 Å². The zero-order valence-electron chi connectivity index (χ0n) is 29.0. The smallest absolute Gasteiger partial charge is 0.0899 e. The van der Waals surface area contributed by atoms with Crippen molar-refractivity contribution in [1.29, 1.82) is 0 Å². The Hall–Kier alpha value is -6.65. The summed E-state index contributed by atoms with van der Waals surface area (Å²) in [5, 5.41) is 2.34. The van der Waals surface area contributed by atoms with Gasteiger partial charge in [-0.15, -0.1) is 0 Å². The van der Waals surface area contributed by atoms with Crippen LogP contribution in [0.25, 0.3) is 83.5 Å². The molecule has 246 valence electrons. The van der Waals surface area contributed by atoms with Crippen LogP contribution in [0.1, 0.15) is 25.0 Å². The van der Waals surface area contributed by atoms with E-state index in [2.05, 4.69) is 162 Å². The van der Waals surface area contributed by atoms with Crippen molar-refractivity contribution in [3.05, 3.63) is 181 Å². The number of fused-ring (bicyclic) bond motifs is 6. The first kappa shape index (κ1) is 30.2. The van der Waals surface area contributed by atoms with Gasteiger partial charge in [0.25, 0.3) is 0 Å². The number of benzene rings is 5. The van der Waals surface area contributed by atoms with E-state index in [1.54, 1.807) is 0 Å². The molecule has 52 heavy (non-hydrogen) atoms. The molecule has 0 saturated carbocycles. The van der Waals surface area contributed by atoms with E-state index < -0.39 is 0 Å². The van der Waals surface area contributed by atoms with Gasteiger partial charge in [0, 0.05) is 46.0 Å². The number of para-hydroxylation sites is 1. The molecule has 0 unspecified atom stereocenters. The highest BCUT2D eigenvalue weighted by Crippen LogP contribution is 2.49. The van der Waals surface area contributed by atoms with Gasteiger partial charge < -0.3 is 4.57 Å². The lowest BCUT2D eigenvalue weighted by Crippen LogP contribution is -2.14. The van der Waals surface area contributed by atoms with Crippen LogP contribution in [0.2, 0.25) is 0 Å². The van der Waals surface area contributed by atoms with Crippen molar-refractivity contribution in [2.24, 2.45) is 0 Å². The molecule has 0 aliphatic heterocycles. The SMILES string of the molecule is CC1(C)c2ccccc2-c2ccc(-c3cccc(-c4cc(-c5ccc(-n6c7ccccc7c7cnccc76)cc5)nc(-c5ccccn5)c4)c3)cc21. The van der Waals surface area contributed by atoms with Gasteiger partial charge in [-0.2, -0.15) is 0 Å². The van der Waals surface area contributed by atoms with E-state index in [0.29, 0.717) is 0 Å². The van der Waals surface area contributed by atoms with Gasteiger partial charge in [-0.1, -0.05) is 105 Å². The predicted octanol–water partition coefficient (Wildman–Crippen LogP) is 11.9. The fourth-order valence-electron chi connectivity index (χ4n) is 8.13. The van der Waals surface area contributed by atoms with Gasteiger partial charge in [-0.05, 0) is 105 Å². The van der Waals surface area contributed by atoms with Crippen LogP contribution in [-0.4, -0.2) is 19.5 Å². The van der Waals surface area contributed by atoms with Crippen LogP contribution in [0, 0.1) is 0 Å². The molecular formula is C48H34N4. The third-order valence-electron chi connectivity index (χ3n) is 10.8. The van der Waals surface area contributed by atoms with Crippen LogP contribution in [0.3, 0.4) is 0 Å². The Balaban J connectivity index is 1.06. The van der Waals surface area contributed by atoms with Crippen molar-refractivity contribution in [3.63, 3.8) is 0 Å². The molecule has 0 N–H and O–H groups in total. The summed E-state index contributed by atoms with van der Waals surface area (Å²) >= 11 is 0. The molecule has 0 fully saturated rings. The Bertz CT molecular complexity index is 2760. The highest BCUT2D eigenvalue weighted by molar-refractivity contribution is 6.08. The summed E-state index contributed by atoms with van der Waals surface area (Å²) < 4.78 is 2.31. The highest BCUT2D eigenvalue weighted by Gasteiger charge is 2.35. The summed E-state index contributed by atoms with van der Waals surface area (Å²) in [6.45, 7) is 4.67. The maximum absolute atomic E-state index is 5.17. The molecule has 5 aromatic carbocycles. The molecule has 10 rings (SSSR count). The molecule has 9 aromatic rings. The van der Waals surface area contributed by atoms with E-state index in [4.69, 9.17) is 4.98 Å². The van der Waals surface area contributed by atoms with E-state index in [-0.39, 0.29) is 5.41 Å². The zero-order valence-corrected chi connectivity index (χ0v) is 29.0. The predicted molar refractivity (Wildman–Crippen MR) is 213 cm³/mol. The zero-order chi connectivity index (χ0) is 34.8. The molecule has 0 atom stereocenters. The minimum atomic E-state index is -0.0502. The maximum atomic E-state index is 5.17. The van der Waals surface area contributed by atoms with Crippen LogP contribution in [0.4, 0.5) is 0 Å². The van der Waals surface area contributed by atoms with Gasteiger partial charge in [0.1, 0.15) is 0 Å². The van der Waals surface area contributed by atoms with Crippen LogP contribution in [-0.2, 0) is 5.41 Å². The lowest BCUT2D eigenvalue weighted by molar-refractivity contribution is 0.660. The van der Waals surface area contributed by atoms with Gasteiger partial charge in [0.15, 0.2) is 0 Å².